The van der Waals surface area contributed by atoms with Crippen molar-refractivity contribution in [3.05, 3.63) is 155 Å². The zero-order valence-corrected chi connectivity index (χ0v) is 17.7. The second-order valence-corrected chi connectivity index (χ2v) is 7.38. The van der Waals surface area contributed by atoms with E-state index in [1.807, 2.05) is 109 Å². The minimum absolute atomic E-state index is 0.215. The highest BCUT2D eigenvalue weighted by atomic mass is 16.5. The number of carbonyl (C=O) groups excluding carboxylic acids is 1. The first-order valence-electron chi connectivity index (χ1n) is 10.6. The first kappa shape index (κ1) is 21.1. The Kier molecular flexibility index (Phi) is 7.07. The molecule has 0 unspecified atom stereocenters. The van der Waals surface area contributed by atoms with E-state index < -0.39 is 0 Å². The van der Waals surface area contributed by atoms with Crippen LogP contribution in [0, 0.1) is 0 Å². The fraction of sp³-hybridized carbons (Fsp3) is 0.0333. The third kappa shape index (κ3) is 5.93. The van der Waals surface area contributed by atoms with Crippen LogP contribution in [0.5, 0.6) is 0 Å². The van der Waals surface area contributed by atoms with Crippen LogP contribution in [-0.4, -0.2) is 5.97 Å². The molecule has 0 atom stereocenters. The number of esters is 1. The number of hydrogen-bond donors (Lipinski definition) is 0. The van der Waals surface area contributed by atoms with Crippen molar-refractivity contribution >= 4 is 17.6 Å². The van der Waals surface area contributed by atoms with Gasteiger partial charge in [-0.05, 0) is 40.0 Å². The maximum Gasteiger partial charge on any atom is 0.315 e. The van der Waals surface area contributed by atoms with Gasteiger partial charge in [-0.1, -0.05) is 121 Å². The smallest absolute Gasteiger partial charge is 0.315 e. The van der Waals surface area contributed by atoms with E-state index in [1.165, 1.54) is 0 Å². The lowest BCUT2D eigenvalue weighted by atomic mass is 9.97. The molecule has 0 spiro atoms. The maximum atomic E-state index is 12.8. The van der Waals surface area contributed by atoms with Crippen molar-refractivity contribution in [2.24, 2.45) is 0 Å². The Labute approximate surface area is 189 Å². The third-order valence-corrected chi connectivity index (χ3v) is 4.99. The molecule has 0 N–H and O–H groups in total. The average Bonchev–Trinajstić information content (AvgIpc) is 2.85. The standard InChI is InChI=1S/C30H24O2/c31-30(22-25-15-7-2-8-16-25)32-28(21-24-13-5-1-6-14-24)23-29(26-17-9-3-10-18-26)27-19-11-4-12-20-27/h1-21,23H,22H2/b28-21-. The molecular formula is C30H24O2. The normalized spacial score (nSPS) is 10.9. The summed E-state index contributed by atoms with van der Waals surface area (Å²) < 4.78 is 5.88. The molecule has 0 radical (unpaired) electrons. The van der Waals surface area contributed by atoms with Gasteiger partial charge in [0.05, 0.1) is 6.42 Å². The summed E-state index contributed by atoms with van der Waals surface area (Å²) >= 11 is 0. The van der Waals surface area contributed by atoms with Gasteiger partial charge < -0.3 is 4.74 Å². The molecule has 0 aliphatic carbocycles. The summed E-state index contributed by atoms with van der Waals surface area (Å²) in [5, 5.41) is 0. The highest BCUT2D eigenvalue weighted by Gasteiger charge is 2.11. The molecule has 156 valence electrons. The molecule has 2 heteroatoms. The van der Waals surface area contributed by atoms with Crippen LogP contribution in [-0.2, 0) is 16.0 Å². The van der Waals surface area contributed by atoms with E-state index >= 15 is 0 Å². The maximum absolute atomic E-state index is 12.8. The Bertz CT molecular complexity index is 1150. The summed E-state index contributed by atoms with van der Waals surface area (Å²) in [6, 6.07) is 39.8. The third-order valence-electron chi connectivity index (χ3n) is 4.99. The van der Waals surface area contributed by atoms with Crippen LogP contribution in [0.3, 0.4) is 0 Å². The summed E-state index contributed by atoms with van der Waals surface area (Å²) in [7, 11) is 0. The fourth-order valence-corrected chi connectivity index (χ4v) is 3.46. The first-order valence-corrected chi connectivity index (χ1v) is 10.6. The number of hydrogen-bond acceptors (Lipinski definition) is 2. The summed E-state index contributed by atoms with van der Waals surface area (Å²) in [6.45, 7) is 0. The van der Waals surface area contributed by atoms with E-state index in [0.717, 1.165) is 27.8 Å². The Hall–Kier alpha value is -4.17. The van der Waals surface area contributed by atoms with Gasteiger partial charge in [0.15, 0.2) is 0 Å². The predicted molar refractivity (Wildman–Crippen MR) is 131 cm³/mol. The number of ether oxygens (including phenoxy) is 1. The minimum Gasteiger partial charge on any atom is -0.426 e. The van der Waals surface area contributed by atoms with Gasteiger partial charge in [0.25, 0.3) is 0 Å². The molecule has 0 aliphatic rings. The van der Waals surface area contributed by atoms with Gasteiger partial charge >= 0.3 is 5.97 Å². The quantitative estimate of drug-likeness (QED) is 0.185. The van der Waals surface area contributed by atoms with Crippen molar-refractivity contribution in [1.82, 2.24) is 0 Å². The van der Waals surface area contributed by atoms with E-state index in [9.17, 15) is 4.79 Å². The monoisotopic (exact) mass is 416 g/mol. The van der Waals surface area contributed by atoms with Gasteiger partial charge in [-0.15, -0.1) is 0 Å². The summed E-state index contributed by atoms with van der Waals surface area (Å²) in [4.78, 5) is 12.8. The SMILES string of the molecule is O=C(Cc1ccccc1)O/C(C=C(c1ccccc1)c1ccccc1)=C\c1ccccc1. The van der Waals surface area contributed by atoms with Crippen LogP contribution in [0.15, 0.2) is 133 Å². The zero-order valence-electron chi connectivity index (χ0n) is 17.7. The van der Waals surface area contributed by atoms with Crippen LogP contribution < -0.4 is 0 Å². The largest absolute Gasteiger partial charge is 0.426 e. The van der Waals surface area contributed by atoms with Crippen LogP contribution in [0.4, 0.5) is 0 Å². The minimum atomic E-state index is -0.296. The van der Waals surface area contributed by atoms with Crippen molar-refractivity contribution in [2.45, 2.75) is 6.42 Å². The van der Waals surface area contributed by atoms with Crippen LogP contribution in [0.1, 0.15) is 22.3 Å². The van der Waals surface area contributed by atoms with Crippen molar-refractivity contribution < 1.29 is 9.53 Å². The molecular weight excluding hydrogens is 392 g/mol. The molecule has 0 amide bonds. The van der Waals surface area contributed by atoms with Crippen LogP contribution in [0.25, 0.3) is 11.6 Å². The van der Waals surface area contributed by atoms with E-state index in [-0.39, 0.29) is 12.4 Å². The van der Waals surface area contributed by atoms with Gasteiger partial charge in [-0.25, -0.2) is 0 Å². The highest BCUT2D eigenvalue weighted by Crippen LogP contribution is 2.26. The average molecular weight is 417 g/mol. The lowest BCUT2D eigenvalue weighted by Crippen LogP contribution is -2.07. The zero-order chi connectivity index (χ0) is 22.0. The summed E-state index contributed by atoms with van der Waals surface area (Å²) in [5.41, 5.74) is 4.98. The lowest BCUT2D eigenvalue weighted by molar-refractivity contribution is -0.138. The molecule has 0 saturated heterocycles. The molecule has 0 fully saturated rings. The van der Waals surface area contributed by atoms with E-state index in [1.54, 1.807) is 0 Å². The molecule has 0 bridgehead atoms. The Balaban J connectivity index is 1.73. The molecule has 0 saturated carbocycles. The van der Waals surface area contributed by atoms with Crippen molar-refractivity contribution in [2.75, 3.05) is 0 Å². The van der Waals surface area contributed by atoms with Crippen molar-refractivity contribution in [1.29, 1.82) is 0 Å². The highest BCUT2D eigenvalue weighted by molar-refractivity contribution is 5.83. The fourth-order valence-electron chi connectivity index (χ4n) is 3.46. The second-order valence-electron chi connectivity index (χ2n) is 7.38. The van der Waals surface area contributed by atoms with Crippen LogP contribution >= 0.6 is 0 Å². The number of allylic oxidation sites excluding steroid dienone is 1. The molecule has 0 aromatic heterocycles. The number of benzene rings is 4. The van der Waals surface area contributed by atoms with Gasteiger partial charge in [0.1, 0.15) is 5.76 Å². The molecule has 0 heterocycles. The lowest BCUT2D eigenvalue weighted by Gasteiger charge is -2.12. The molecule has 4 rings (SSSR count). The Morgan fingerprint density at radius 1 is 0.625 bits per heavy atom. The second kappa shape index (κ2) is 10.7. The molecule has 0 aliphatic heterocycles. The number of rotatable bonds is 7. The molecule has 4 aromatic rings. The van der Waals surface area contributed by atoms with Crippen LogP contribution in [0.2, 0.25) is 0 Å². The first-order chi connectivity index (χ1) is 15.8. The summed E-state index contributed by atoms with van der Waals surface area (Å²) in [6.07, 6.45) is 4.06. The predicted octanol–water partition coefficient (Wildman–Crippen LogP) is 6.95. The van der Waals surface area contributed by atoms with Gasteiger partial charge in [0, 0.05) is 0 Å². The molecule has 32 heavy (non-hydrogen) atoms. The van der Waals surface area contributed by atoms with Gasteiger partial charge in [0.2, 0.25) is 0 Å². The molecule has 4 aromatic carbocycles. The topological polar surface area (TPSA) is 26.3 Å². The van der Waals surface area contributed by atoms with Gasteiger partial charge in [-0.3, -0.25) is 4.79 Å². The summed E-state index contributed by atoms with van der Waals surface area (Å²) in [5.74, 6) is 0.204. The molecule has 2 nitrogen and oxygen atoms in total. The Morgan fingerprint density at radius 3 is 1.62 bits per heavy atom. The number of carbonyl (C=O) groups is 1. The van der Waals surface area contributed by atoms with Crippen molar-refractivity contribution in [3.8, 4) is 0 Å². The van der Waals surface area contributed by atoms with E-state index in [4.69, 9.17) is 4.74 Å². The van der Waals surface area contributed by atoms with E-state index in [0.29, 0.717) is 5.76 Å². The van der Waals surface area contributed by atoms with Crippen molar-refractivity contribution in [3.63, 3.8) is 0 Å². The van der Waals surface area contributed by atoms with E-state index in [2.05, 4.69) is 24.3 Å². The Morgan fingerprint density at radius 2 is 1.09 bits per heavy atom. The van der Waals surface area contributed by atoms with Gasteiger partial charge in [-0.2, -0.15) is 0 Å².